The van der Waals surface area contributed by atoms with Gasteiger partial charge in [0.1, 0.15) is 6.04 Å². The molecule has 2 unspecified atom stereocenters. The number of rotatable bonds is 4. The van der Waals surface area contributed by atoms with Crippen molar-refractivity contribution >= 4 is 17.8 Å². The quantitative estimate of drug-likeness (QED) is 0.589. The van der Waals surface area contributed by atoms with Crippen molar-refractivity contribution < 1.29 is 19.1 Å². The molecule has 0 aliphatic carbocycles. The van der Waals surface area contributed by atoms with E-state index in [2.05, 4.69) is 15.4 Å². The number of ether oxygens (including phenoxy) is 1. The van der Waals surface area contributed by atoms with E-state index in [4.69, 9.17) is 0 Å². The van der Waals surface area contributed by atoms with Crippen molar-refractivity contribution in [2.75, 3.05) is 33.8 Å². The standard InChI is InChI=1S/C11H19N3O4/c1-7(11(17)18-3)6-14(2)10(16)8-4-13-9(15)5-12-8/h7-8,12H,4-6H2,1-3H3,(H,13,15). The van der Waals surface area contributed by atoms with E-state index in [9.17, 15) is 14.4 Å². The van der Waals surface area contributed by atoms with Crippen LogP contribution < -0.4 is 10.6 Å². The van der Waals surface area contributed by atoms with E-state index in [-0.39, 0.29) is 43.3 Å². The molecule has 1 heterocycles. The van der Waals surface area contributed by atoms with E-state index < -0.39 is 6.04 Å². The van der Waals surface area contributed by atoms with Gasteiger partial charge in [0, 0.05) is 20.1 Å². The second kappa shape index (κ2) is 6.34. The molecule has 1 fully saturated rings. The molecule has 0 bridgehead atoms. The van der Waals surface area contributed by atoms with Gasteiger partial charge in [-0.2, -0.15) is 0 Å². The smallest absolute Gasteiger partial charge is 0.310 e. The van der Waals surface area contributed by atoms with E-state index in [0.29, 0.717) is 0 Å². The van der Waals surface area contributed by atoms with Gasteiger partial charge in [-0.3, -0.25) is 19.7 Å². The number of methoxy groups -OCH3 is 1. The number of amides is 2. The maximum atomic E-state index is 12.0. The van der Waals surface area contributed by atoms with Crippen LogP contribution in [0.25, 0.3) is 0 Å². The Morgan fingerprint density at radius 3 is 2.72 bits per heavy atom. The summed E-state index contributed by atoms with van der Waals surface area (Å²) in [7, 11) is 2.94. The van der Waals surface area contributed by atoms with Crippen LogP contribution in [0.5, 0.6) is 0 Å². The van der Waals surface area contributed by atoms with Gasteiger partial charge in [-0.05, 0) is 0 Å². The zero-order chi connectivity index (χ0) is 13.7. The number of nitrogens with zero attached hydrogens (tertiary/aromatic N) is 1. The minimum absolute atomic E-state index is 0.121. The molecule has 0 saturated carbocycles. The lowest BCUT2D eigenvalue weighted by molar-refractivity contribution is -0.146. The van der Waals surface area contributed by atoms with Crippen LogP contribution >= 0.6 is 0 Å². The molecule has 2 N–H and O–H groups in total. The number of esters is 1. The average Bonchev–Trinajstić information content (AvgIpc) is 2.37. The van der Waals surface area contributed by atoms with Crippen LogP contribution in [0.2, 0.25) is 0 Å². The van der Waals surface area contributed by atoms with Gasteiger partial charge in [-0.1, -0.05) is 6.92 Å². The van der Waals surface area contributed by atoms with Crippen LogP contribution in [0.1, 0.15) is 6.92 Å². The second-order valence-corrected chi connectivity index (χ2v) is 4.38. The lowest BCUT2D eigenvalue weighted by Gasteiger charge is -2.28. The fraction of sp³-hybridized carbons (Fsp3) is 0.727. The highest BCUT2D eigenvalue weighted by atomic mass is 16.5. The molecule has 2 amide bonds. The van der Waals surface area contributed by atoms with Crippen molar-refractivity contribution in [2.45, 2.75) is 13.0 Å². The minimum atomic E-state index is -0.433. The minimum Gasteiger partial charge on any atom is -0.469 e. The van der Waals surface area contributed by atoms with Gasteiger partial charge in [0.05, 0.1) is 19.6 Å². The van der Waals surface area contributed by atoms with Crippen LogP contribution in [0.3, 0.4) is 0 Å². The summed E-state index contributed by atoms with van der Waals surface area (Å²) in [6, 6.07) is -0.433. The van der Waals surface area contributed by atoms with Gasteiger partial charge in [-0.15, -0.1) is 0 Å². The predicted molar refractivity (Wildman–Crippen MR) is 63.6 cm³/mol. The van der Waals surface area contributed by atoms with Crippen molar-refractivity contribution in [1.82, 2.24) is 15.5 Å². The molecule has 102 valence electrons. The predicted octanol–water partition coefficient (Wildman–Crippen LogP) is -1.66. The van der Waals surface area contributed by atoms with Crippen LogP contribution in [-0.4, -0.2) is 62.5 Å². The maximum Gasteiger partial charge on any atom is 0.310 e. The molecule has 1 aliphatic rings. The molecule has 0 aromatic heterocycles. The Kier molecular flexibility index (Phi) is 5.08. The summed E-state index contributed by atoms with van der Waals surface area (Å²) in [5.74, 6) is -0.989. The van der Waals surface area contributed by atoms with Gasteiger partial charge in [0.2, 0.25) is 11.8 Å². The number of carbonyl (C=O) groups excluding carboxylic acids is 3. The summed E-state index contributed by atoms with van der Waals surface area (Å²) in [4.78, 5) is 35.7. The third-order valence-electron chi connectivity index (χ3n) is 2.84. The summed E-state index contributed by atoms with van der Waals surface area (Å²) in [5, 5.41) is 5.46. The highest BCUT2D eigenvalue weighted by Crippen LogP contribution is 2.03. The van der Waals surface area contributed by atoms with Gasteiger partial charge in [0.15, 0.2) is 0 Å². The second-order valence-electron chi connectivity index (χ2n) is 4.38. The SMILES string of the molecule is COC(=O)C(C)CN(C)C(=O)C1CNC(=O)CN1. The number of hydrogen-bond donors (Lipinski definition) is 2. The molecular weight excluding hydrogens is 238 g/mol. The molecular formula is C11H19N3O4. The largest absolute Gasteiger partial charge is 0.469 e. The fourth-order valence-corrected chi connectivity index (χ4v) is 1.78. The van der Waals surface area contributed by atoms with Crippen LogP contribution in [0.15, 0.2) is 0 Å². The van der Waals surface area contributed by atoms with E-state index in [0.717, 1.165) is 0 Å². The van der Waals surface area contributed by atoms with Crippen molar-refractivity contribution in [3.05, 3.63) is 0 Å². The molecule has 7 heteroatoms. The van der Waals surface area contributed by atoms with Crippen molar-refractivity contribution in [3.8, 4) is 0 Å². The number of nitrogens with one attached hydrogen (secondary N) is 2. The zero-order valence-corrected chi connectivity index (χ0v) is 10.9. The van der Waals surface area contributed by atoms with Crippen molar-refractivity contribution in [2.24, 2.45) is 5.92 Å². The molecule has 1 saturated heterocycles. The van der Waals surface area contributed by atoms with Gasteiger partial charge in [-0.25, -0.2) is 0 Å². The van der Waals surface area contributed by atoms with Crippen LogP contribution in [-0.2, 0) is 19.1 Å². The molecule has 18 heavy (non-hydrogen) atoms. The number of hydrogen-bond acceptors (Lipinski definition) is 5. The molecule has 0 aromatic carbocycles. The first-order valence-corrected chi connectivity index (χ1v) is 5.78. The Morgan fingerprint density at radius 1 is 1.56 bits per heavy atom. The molecule has 0 radical (unpaired) electrons. The summed E-state index contributed by atoms with van der Waals surface area (Å²) < 4.78 is 4.60. The summed E-state index contributed by atoms with van der Waals surface area (Å²) >= 11 is 0. The Morgan fingerprint density at radius 2 is 2.22 bits per heavy atom. The zero-order valence-electron chi connectivity index (χ0n) is 10.9. The lowest BCUT2D eigenvalue weighted by atomic mass is 10.1. The normalized spacial score (nSPS) is 20.8. The highest BCUT2D eigenvalue weighted by Gasteiger charge is 2.27. The van der Waals surface area contributed by atoms with Gasteiger partial charge < -0.3 is 15.0 Å². The van der Waals surface area contributed by atoms with Gasteiger partial charge >= 0.3 is 5.97 Å². The highest BCUT2D eigenvalue weighted by molar-refractivity contribution is 5.87. The topological polar surface area (TPSA) is 87.7 Å². The maximum absolute atomic E-state index is 12.0. The van der Waals surface area contributed by atoms with Crippen molar-refractivity contribution in [3.63, 3.8) is 0 Å². The van der Waals surface area contributed by atoms with E-state index in [1.165, 1.54) is 12.0 Å². The summed E-state index contributed by atoms with van der Waals surface area (Å²) in [5.41, 5.74) is 0. The first-order valence-electron chi connectivity index (χ1n) is 5.78. The third kappa shape index (κ3) is 3.69. The van der Waals surface area contributed by atoms with E-state index in [1.54, 1.807) is 14.0 Å². The monoisotopic (exact) mass is 257 g/mol. The molecule has 7 nitrogen and oxygen atoms in total. The molecule has 0 spiro atoms. The fourth-order valence-electron chi connectivity index (χ4n) is 1.78. The Labute approximate surface area is 106 Å². The number of piperazine rings is 1. The molecule has 1 rings (SSSR count). The average molecular weight is 257 g/mol. The first kappa shape index (κ1) is 14.4. The van der Waals surface area contributed by atoms with Crippen LogP contribution in [0.4, 0.5) is 0 Å². The summed E-state index contributed by atoms with van der Waals surface area (Å²) in [6.07, 6.45) is 0. The molecule has 2 atom stereocenters. The van der Waals surface area contributed by atoms with Crippen molar-refractivity contribution in [1.29, 1.82) is 0 Å². The Balaban J connectivity index is 2.46. The third-order valence-corrected chi connectivity index (χ3v) is 2.84. The van der Waals surface area contributed by atoms with E-state index >= 15 is 0 Å². The Hall–Kier alpha value is -1.63. The van der Waals surface area contributed by atoms with Crippen LogP contribution in [0, 0.1) is 5.92 Å². The lowest BCUT2D eigenvalue weighted by Crippen LogP contribution is -2.58. The first-order chi connectivity index (χ1) is 8.45. The summed E-state index contributed by atoms with van der Waals surface area (Å²) in [6.45, 7) is 2.40. The van der Waals surface area contributed by atoms with Gasteiger partial charge in [0.25, 0.3) is 0 Å². The number of carbonyl (C=O) groups is 3. The molecule has 0 aromatic rings. The molecule has 1 aliphatic heterocycles. The number of likely N-dealkylation sites (N-methyl/N-ethyl adjacent to an activating group) is 1. The van der Waals surface area contributed by atoms with E-state index in [1.807, 2.05) is 0 Å². The Bertz CT molecular complexity index is 335.